The van der Waals surface area contributed by atoms with Crippen molar-refractivity contribution >= 4 is 11.6 Å². The van der Waals surface area contributed by atoms with Gasteiger partial charge in [0.2, 0.25) is 0 Å². The Morgan fingerprint density at radius 1 is 1.04 bits per heavy atom. The molecule has 0 amide bonds. The average molecular weight is 365 g/mol. The predicted octanol–water partition coefficient (Wildman–Crippen LogP) is 3.66. The van der Waals surface area contributed by atoms with Crippen molar-refractivity contribution in [2.75, 3.05) is 38.1 Å². The van der Waals surface area contributed by atoms with Crippen molar-refractivity contribution < 1.29 is 0 Å². The molecule has 0 spiro atoms. The van der Waals surface area contributed by atoms with Crippen LogP contribution in [0.15, 0.2) is 65.7 Å². The molecular formula is C23H32N4. The van der Waals surface area contributed by atoms with Gasteiger partial charge >= 0.3 is 0 Å². The predicted molar refractivity (Wildman–Crippen MR) is 116 cm³/mol. The zero-order chi connectivity index (χ0) is 19.1. The molecule has 4 heteroatoms. The first-order chi connectivity index (χ1) is 13.1. The van der Waals surface area contributed by atoms with Crippen LogP contribution in [0.4, 0.5) is 5.69 Å². The minimum atomic E-state index is 0.0519. The number of para-hydroxylation sites is 1. The van der Waals surface area contributed by atoms with Crippen molar-refractivity contribution in [3.63, 3.8) is 0 Å². The fourth-order valence-corrected chi connectivity index (χ4v) is 3.63. The Labute approximate surface area is 163 Å². The highest BCUT2D eigenvalue weighted by Gasteiger charge is 2.23. The quantitative estimate of drug-likeness (QED) is 0.607. The molecule has 1 saturated heterocycles. The summed E-state index contributed by atoms with van der Waals surface area (Å²) in [5, 5.41) is 7.02. The molecule has 1 atom stereocenters. The molecule has 0 aliphatic carbocycles. The lowest BCUT2D eigenvalue weighted by Gasteiger charge is -2.27. The Balaban J connectivity index is 1.46. The van der Waals surface area contributed by atoms with E-state index in [1.165, 1.54) is 17.7 Å². The molecule has 0 radical (unpaired) electrons. The van der Waals surface area contributed by atoms with E-state index in [-0.39, 0.29) is 5.41 Å². The van der Waals surface area contributed by atoms with Gasteiger partial charge in [-0.05, 0) is 30.0 Å². The smallest absolute Gasteiger partial charge is 0.191 e. The Hall–Kier alpha value is -2.49. The number of anilines is 1. The van der Waals surface area contributed by atoms with Crippen LogP contribution in [0.2, 0.25) is 0 Å². The third-order valence-electron chi connectivity index (χ3n) is 5.44. The molecule has 2 N–H and O–H groups in total. The van der Waals surface area contributed by atoms with Gasteiger partial charge in [-0.15, -0.1) is 0 Å². The Morgan fingerprint density at radius 2 is 1.70 bits per heavy atom. The summed E-state index contributed by atoms with van der Waals surface area (Å²) >= 11 is 0. The number of hydrogen-bond acceptors (Lipinski definition) is 2. The summed E-state index contributed by atoms with van der Waals surface area (Å²) in [5.41, 5.74) is 2.71. The van der Waals surface area contributed by atoms with E-state index in [0.29, 0.717) is 5.92 Å². The summed E-state index contributed by atoms with van der Waals surface area (Å²) in [6, 6.07) is 21.3. The molecule has 4 nitrogen and oxygen atoms in total. The number of hydrogen-bond donors (Lipinski definition) is 2. The third kappa shape index (κ3) is 5.25. The molecule has 144 valence electrons. The second-order valence-corrected chi connectivity index (χ2v) is 7.99. The van der Waals surface area contributed by atoms with Gasteiger partial charge in [-0.1, -0.05) is 62.4 Å². The molecule has 1 unspecified atom stereocenters. The maximum absolute atomic E-state index is 4.40. The van der Waals surface area contributed by atoms with Crippen LogP contribution in [0.5, 0.6) is 0 Å². The first-order valence-corrected chi connectivity index (χ1v) is 9.88. The summed E-state index contributed by atoms with van der Waals surface area (Å²) in [4.78, 5) is 6.88. The molecule has 1 aliphatic rings. The summed E-state index contributed by atoms with van der Waals surface area (Å²) in [6.07, 6.45) is 1.22. The topological polar surface area (TPSA) is 39.7 Å². The van der Waals surface area contributed by atoms with Gasteiger partial charge in [-0.25, -0.2) is 0 Å². The molecule has 3 rings (SSSR count). The van der Waals surface area contributed by atoms with Crippen molar-refractivity contribution in [1.82, 2.24) is 10.6 Å². The second-order valence-electron chi connectivity index (χ2n) is 7.99. The number of aliphatic imine (C=N–C) groups is 1. The highest BCUT2D eigenvalue weighted by molar-refractivity contribution is 5.79. The van der Waals surface area contributed by atoms with Gasteiger partial charge in [-0.3, -0.25) is 4.99 Å². The molecule has 1 fully saturated rings. The zero-order valence-corrected chi connectivity index (χ0v) is 16.8. The number of nitrogens with zero attached hydrogens (tertiary/aromatic N) is 2. The molecule has 27 heavy (non-hydrogen) atoms. The van der Waals surface area contributed by atoms with Gasteiger partial charge in [0.15, 0.2) is 5.96 Å². The summed E-state index contributed by atoms with van der Waals surface area (Å²) in [5.74, 6) is 1.53. The number of guanidine groups is 1. The lowest BCUT2D eigenvalue weighted by molar-refractivity contribution is 0.503. The van der Waals surface area contributed by atoms with Gasteiger partial charge in [0, 0.05) is 44.3 Å². The molecular weight excluding hydrogens is 332 g/mol. The van der Waals surface area contributed by atoms with Crippen LogP contribution >= 0.6 is 0 Å². The van der Waals surface area contributed by atoms with E-state index < -0.39 is 0 Å². The van der Waals surface area contributed by atoms with Crippen molar-refractivity contribution in [3.05, 3.63) is 66.2 Å². The fourth-order valence-electron chi connectivity index (χ4n) is 3.63. The SMILES string of the molecule is CN=C(NCC1CCN(c2ccccc2)C1)NCC(C)(C)c1ccccc1. The normalized spacial score (nSPS) is 17.8. The van der Waals surface area contributed by atoms with Crippen molar-refractivity contribution in [3.8, 4) is 0 Å². The van der Waals surface area contributed by atoms with E-state index in [9.17, 15) is 0 Å². The van der Waals surface area contributed by atoms with Gasteiger partial charge in [0.05, 0.1) is 0 Å². The summed E-state index contributed by atoms with van der Waals surface area (Å²) in [7, 11) is 1.84. The fraction of sp³-hybridized carbons (Fsp3) is 0.435. The van der Waals surface area contributed by atoms with E-state index in [0.717, 1.165) is 32.1 Å². The van der Waals surface area contributed by atoms with E-state index in [1.807, 2.05) is 7.05 Å². The van der Waals surface area contributed by atoms with Crippen molar-refractivity contribution in [2.45, 2.75) is 25.7 Å². The number of rotatable bonds is 6. The zero-order valence-electron chi connectivity index (χ0n) is 16.8. The molecule has 1 heterocycles. The van der Waals surface area contributed by atoms with Gasteiger partial charge in [-0.2, -0.15) is 0 Å². The third-order valence-corrected chi connectivity index (χ3v) is 5.44. The van der Waals surface area contributed by atoms with E-state index in [2.05, 4.69) is 95.0 Å². The van der Waals surface area contributed by atoms with Gasteiger partial charge in [0.1, 0.15) is 0 Å². The Morgan fingerprint density at radius 3 is 2.37 bits per heavy atom. The standard InChI is InChI=1S/C23H32N4/c1-23(2,20-10-6-4-7-11-20)18-26-22(24-3)25-16-19-14-15-27(17-19)21-12-8-5-9-13-21/h4-13,19H,14-18H2,1-3H3,(H2,24,25,26). The summed E-state index contributed by atoms with van der Waals surface area (Å²) < 4.78 is 0. The van der Waals surface area contributed by atoms with Gasteiger partial charge < -0.3 is 15.5 Å². The van der Waals surface area contributed by atoms with Crippen LogP contribution in [0.3, 0.4) is 0 Å². The minimum Gasteiger partial charge on any atom is -0.371 e. The van der Waals surface area contributed by atoms with Crippen LogP contribution in [0, 0.1) is 5.92 Å². The summed E-state index contributed by atoms with van der Waals surface area (Å²) in [6.45, 7) is 8.55. The highest BCUT2D eigenvalue weighted by Crippen LogP contribution is 2.23. The van der Waals surface area contributed by atoms with E-state index in [4.69, 9.17) is 0 Å². The highest BCUT2D eigenvalue weighted by atomic mass is 15.2. The molecule has 1 aliphatic heterocycles. The Bertz CT molecular complexity index is 725. The first kappa shape index (κ1) is 19.3. The minimum absolute atomic E-state index is 0.0519. The first-order valence-electron chi connectivity index (χ1n) is 9.88. The lowest BCUT2D eigenvalue weighted by Crippen LogP contribution is -2.45. The van der Waals surface area contributed by atoms with Crippen molar-refractivity contribution in [2.24, 2.45) is 10.9 Å². The number of nitrogens with one attached hydrogen (secondary N) is 2. The molecule has 0 aromatic heterocycles. The Kier molecular flexibility index (Phi) is 6.38. The average Bonchev–Trinajstić information content (AvgIpc) is 3.18. The van der Waals surface area contributed by atoms with Gasteiger partial charge in [0.25, 0.3) is 0 Å². The monoisotopic (exact) mass is 364 g/mol. The second kappa shape index (κ2) is 8.94. The molecule has 2 aromatic carbocycles. The van der Waals surface area contributed by atoms with Crippen LogP contribution in [0.25, 0.3) is 0 Å². The molecule has 2 aromatic rings. The van der Waals surface area contributed by atoms with Crippen LogP contribution < -0.4 is 15.5 Å². The maximum atomic E-state index is 4.40. The van der Waals surface area contributed by atoms with Crippen LogP contribution in [-0.4, -0.2) is 39.2 Å². The van der Waals surface area contributed by atoms with Crippen LogP contribution in [-0.2, 0) is 5.41 Å². The van der Waals surface area contributed by atoms with E-state index in [1.54, 1.807) is 0 Å². The maximum Gasteiger partial charge on any atom is 0.191 e. The van der Waals surface area contributed by atoms with Crippen LogP contribution in [0.1, 0.15) is 25.8 Å². The number of benzene rings is 2. The molecule has 0 bridgehead atoms. The van der Waals surface area contributed by atoms with Crippen molar-refractivity contribution in [1.29, 1.82) is 0 Å². The van der Waals surface area contributed by atoms with E-state index >= 15 is 0 Å². The lowest BCUT2D eigenvalue weighted by atomic mass is 9.85. The molecule has 0 saturated carbocycles. The largest absolute Gasteiger partial charge is 0.371 e.